The number of hydrogen-bond acceptors (Lipinski definition) is 1. The molecule has 1 saturated carbocycles. The molecule has 1 aliphatic rings. The molecule has 0 saturated heterocycles. The van der Waals surface area contributed by atoms with Gasteiger partial charge in [0.15, 0.2) is 0 Å². The van der Waals surface area contributed by atoms with Gasteiger partial charge in [-0.3, -0.25) is 0 Å². The summed E-state index contributed by atoms with van der Waals surface area (Å²) in [6.07, 6.45) is 0.00306. The molecule has 0 bridgehead atoms. The lowest BCUT2D eigenvalue weighted by atomic mass is 10.2. The van der Waals surface area contributed by atoms with Gasteiger partial charge in [0.05, 0.1) is 18.1 Å². The van der Waals surface area contributed by atoms with Crippen molar-refractivity contribution in [1.82, 2.24) is 0 Å². The zero-order chi connectivity index (χ0) is 8.70. The van der Waals surface area contributed by atoms with Crippen LogP contribution in [0.3, 0.4) is 0 Å². The summed E-state index contributed by atoms with van der Waals surface area (Å²) in [4.78, 5) is 0. The van der Waals surface area contributed by atoms with Crippen LogP contribution in [0.5, 0.6) is 0 Å². The third-order valence-electron chi connectivity index (χ3n) is 1.67. The Hall–Kier alpha value is -0.180. The second kappa shape index (κ2) is 2.41. The monoisotopic (exact) mass is 164 g/mol. The standard InChI is InChI=1S/C8H14F2O/c1-7(2,3)11-5-6-4-8(6,9)10/h6H,4-5H2,1-3H3. The maximum atomic E-state index is 12.3. The van der Waals surface area contributed by atoms with Gasteiger partial charge >= 0.3 is 0 Å². The van der Waals surface area contributed by atoms with Gasteiger partial charge in [0, 0.05) is 6.42 Å². The summed E-state index contributed by atoms with van der Waals surface area (Å²) in [7, 11) is 0. The zero-order valence-corrected chi connectivity index (χ0v) is 7.16. The summed E-state index contributed by atoms with van der Waals surface area (Å²) < 4.78 is 29.8. The van der Waals surface area contributed by atoms with E-state index in [9.17, 15) is 8.78 Å². The van der Waals surface area contributed by atoms with Crippen molar-refractivity contribution in [3.63, 3.8) is 0 Å². The Balaban J connectivity index is 2.16. The lowest BCUT2D eigenvalue weighted by Crippen LogP contribution is -2.21. The summed E-state index contributed by atoms with van der Waals surface area (Å²) in [6.45, 7) is 5.80. The van der Waals surface area contributed by atoms with E-state index in [1.807, 2.05) is 20.8 Å². The van der Waals surface area contributed by atoms with Gasteiger partial charge < -0.3 is 4.74 Å². The van der Waals surface area contributed by atoms with Crippen molar-refractivity contribution in [1.29, 1.82) is 0 Å². The molecule has 1 aliphatic carbocycles. The lowest BCUT2D eigenvalue weighted by Gasteiger charge is -2.19. The quantitative estimate of drug-likeness (QED) is 0.609. The van der Waals surface area contributed by atoms with Crippen LogP contribution in [0, 0.1) is 5.92 Å². The first kappa shape index (κ1) is 8.91. The molecule has 0 radical (unpaired) electrons. The van der Waals surface area contributed by atoms with Crippen molar-refractivity contribution >= 4 is 0 Å². The molecule has 0 aromatic heterocycles. The fraction of sp³-hybridized carbons (Fsp3) is 1.00. The van der Waals surface area contributed by atoms with Crippen LogP contribution in [0.4, 0.5) is 8.78 Å². The number of alkyl halides is 2. The largest absolute Gasteiger partial charge is 0.375 e. The third kappa shape index (κ3) is 2.73. The molecule has 66 valence electrons. The van der Waals surface area contributed by atoms with Gasteiger partial charge in [-0.25, -0.2) is 8.78 Å². The predicted molar refractivity (Wildman–Crippen MR) is 38.8 cm³/mol. The van der Waals surface area contributed by atoms with Crippen LogP contribution in [0.25, 0.3) is 0 Å². The van der Waals surface area contributed by atoms with Crippen molar-refractivity contribution in [2.75, 3.05) is 6.61 Å². The van der Waals surface area contributed by atoms with Gasteiger partial charge in [-0.2, -0.15) is 0 Å². The SMILES string of the molecule is CC(C)(C)OCC1CC1(F)F. The van der Waals surface area contributed by atoms with Crippen LogP contribution in [-0.4, -0.2) is 18.1 Å². The van der Waals surface area contributed by atoms with Crippen LogP contribution in [0.1, 0.15) is 27.2 Å². The number of hydrogen-bond donors (Lipinski definition) is 0. The molecule has 0 aromatic rings. The van der Waals surface area contributed by atoms with Gasteiger partial charge in [-0.1, -0.05) is 0 Å². The van der Waals surface area contributed by atoms with Crippen molar-refractivity contribution < 1.29 is 13.5 Å². The molecular weight excluding hydrogens is 150 g/mol. The normalized spacial score (nSPS) is 28.6. The van der Waals surface area contributed by atoms with E-state index >= 15 is 0 Å². The van der Waals surface area contributed by atoms with E-state index in [4.69, 9.17) is 4.74 Å². The zero-order valence-electron chi connectivity index (χ0n) is 7.16. The lowest BCUT2D eigenvalue weighted by molar-refractivity contribution is -0.0263. The van der Waals surface area contributed by atoms with E-state index in [1.165, 1.54) is 0 Å². The Morgan fingerprint density at radius 3 is 2.18 bits per heavy atom. The Morgan fingerprint density at radius 1 is 1.45 bits per heavy atom. The van der Waals surface area contributed by atoms with Crippen LogP contribution >= 0.6 is 0 Å². The predicted octanol–water partition coefficient (Wildman–Crippen LogP) is 2.46. The molecule has 0 aromatic carbocycles. The second-order valence-electron chi connectivity index (χ2n) is 4.09. The molecule has 0 aliphatic heterocycles. The molecule has 0 N–H and O–H groups in total. The fourth-order valence-corrected chi connectivity index (χ4v) is 0.801. The van der Waals surface area contributed by atoms with E-state index in [0.717, 1.165) is 0 Å². The fourth-order valence-electron chi connectivity index (χ4n) is 0.801. The first-order valence-electron chi connectivity index (χ1n) is 3.83. The van der Waals surface area contributed by atoms with E-state index in [2.05, 4.69) is 0 Å². The summed E-state index contributed by atoms with van der Waals surface area (Å²) in [5.74, 6) is -2.97. The number of rotatable bonds is 2. The molecule has 0 spiro atoms. The maximum Gasteiger partial charge on any atom is 0.253 e. The summed E-state index contributed by atoms with van der Waals surface area (Å²) in [5.41, 5.74) is -0.293. The molecule has 0 heterocycles. The van der Waals surface area contributed by atoms with Crippen molar-refractivity contribution in [2.24, 2.45) is 5.92 Å². The van der Waals surface area contributed by atoms with E-state index in [0.29, 0.717) is 0 Å². The van der Waals surface area contributed by atoms with Crippen molar-refractivity contribution in [3.05, 3.63) is 0 Å². The molecule has 0 amide bonds. The highest BCUT2D eigenvalue weighted by atomic mass is 19.3. The van der Waals surface area contributed by atoms with Crippen LogP contribution in [0.15, 0.2) is 0 Å². The van der Waals surface area contributed by atoms with E-state index in [-0.39, 0.29) is 18.6 Å². The molecule has 1 fully saturated rings. The van der Waals surface area contributed by atoms with Gasteiger partial charge in [-0.05, 0) is 20.8 Å². The molecule has 11 heavy (non-hydrogen) atoms. The second-order valence-corrected chi connectivity index (χ2v) is 4.09. The minimum Gasteiger partial charge on any atom is -0.375 e. The van der Waals surface area contributed by atoms with E-state index < -0.39 is 11.8 Å². The Kier molecular flexibility index (Phi) is 1.95. The van der Waals surface area contributed by atoms with Crippen molar-refractivity contribution in [2.45, 2.75) is 38.7 Å². The minimum absolute atomic E-state index is 0.00306. The molecule has 1 rings (SSSR count). The average Bonchev–Trinajstić information content (AvgIpc) is 2.33. The highest BCUT2D eigenvalue weighted by Crippen LogP contribution is 2.48. The topological polar surface area (TPSA) is 9.23 Å². The van der Waals surface area contributed by atoms with Gasteiger partial charge in [0.2, 0.25) is 0 Å². The highest BCUT2D eigenvalue weighted by molar-refractivity contribution is 4.94. The number of ether oxygens (including phenoxy) is 1. The summed E-state index contributed by atoms with van der Waals surface area (Å²) in [6, 6.07) is 0. The summed E-state index contributed by atoms with van der Waals surface area (Å²) in [5, 5.41) is 0. The minimum atomic E-state index is -2.44. The Labute approximate surface area is 65.7 Å². The molecule has 1 atom stereocenters. The van der Waals surface area contributed by atoms with E-state index in [1.54, 1.807) is 0 Å². The smallest absolute Gasteiger partial charge is 0.253 e. The first-order chi connectivity index (χ1) is 4.81. The third-order valence-corrected chi connectivity index (χ3v) is 1.67. The Morgan fingerprint density at radius 2 is 1.91 bits per heavy atom. The molecule has 1 nitrogen and oxygen atoms in total. The van der Waals surface area contributed by atoms with Crippen LogP contribution in [0.2, 0.25) is 0 Å². The van der Waals surface area contributed by atoms with Crippen LogP contribution in [-0.2, 0) is 4.74 Å². The van der Waals surface area contributed by atoms with Crippen LogP contribution < -0.4 is 0 Å². The van der Waals surface area contributed by atoms with Gasteiger partial charge in [0.25, 0.3) is 5.92 Å². The number of halogens is 2. The Bertz CT molecular complexity index is 149. The molecule has 3 heteroatoms. The highest BCUT2D eigenvalue weighted by Gasteiger charge is 2.57. The first-order valence-corrected chi connectivity index (χ1v) is 3.83. The summed E-state index contributed by atoms with van der Waals surface area (Å²) >= 11 is 0. The average molecular weight is 164 g/mol. The van der Waals surface area contributed by atoms with Gasteiger partial charge in [0.1, 0.15) is 0 Å². The molecule has 1 unspecified atom stereocenters. The van der Waals surface area contributed by atoms with Gasteiger partial charge in [-0.15, -0.1) is 0 Å². The van der Waals surface area contributed by atoms with Crippen molar-refractivity contribution in [3.8, 4) is 0 Å². The molecular formula is C8H14F2O. The maximum absolute atomic E-state index is 12.3.